The molecular formula is C28H33N5O2Si. The van der Waals surface area contributed by atoms with Gasteiger partial charge in [-0.05, 0) is 67.6 Å². The number of ether oxygens (including phenoxy) is 2. The molecule has 7 nitrogen and oxygen atoms in total. The summed E-state index contributed by atoms with van der Waals surface area (Å²) in [5.74, 6) is 2.57. The van der Waals surface area contributed by atoms with Gasteiger partial charge in [0.2, 0.25) is 0 Å². The topological polar surface area (TPSA) is 77.9 Å². The molecule has 1 atom stereocenters. The largest absolute Gasteiger partial charge is 0.486 e. The van der Waals surface area contributed by atoms with Gasteiger partial charge in [0.15, 0.2) is 5.82 Å². The summed E-state index contributed by atoms with van der Waals surface area (Å²) in [6.07, 6.45) is 6.68. The Morgan fingerprint density at radius 1 is 1.14 bits per heavy atom. The molecule has 1 unspecified atom stereocenters. The summed E-state index contributed by atoms with van der Waals surface area (Å²) in [6.45, 7) is 10.3. The number of aromatic nitrogens is 4. The van der Waals surface area contributed by atoms with Crippen LogP contribution in [-0.2, 0) is 17.9 Å². The molecule has 5 rings (SSSR count). The van der Waals surface area contributed by atoms with Crippen molar-refractivity contribution in [2.75, 3.05) is 6.61 Å². The van der Waals surface area contributed by atoms with Crippen molar-refractivity contribution >= 4 is 19.0 Å². The Balaban J connectivity index is 1.39. The zero-order valence-electron chi connectivity index (χ0n) is 21.5. The van der Waals surface area contributed by atoms with Crippen LogP contribution in [0.25, 0.3) is 16.7 Å². The molecule has 2 heterocycles. The van der Waals surface area contributed by atoms with Crippen molar-refractivity contribution in [3.63, 3.8) is 0 Å². The lowest BCUT2D eigenvalue weighted by Crippen LogP contribution is -2.22. The molecule has 0 radical (unpaired) electrons. The molecular weight excluding hydrogens is 466 g/mol. The summed E-state index contributed by atoms with van der Waals surface area (Å²) in [7, 11) is -1.14. The highest BCUT2D eigenvalue weighted by Gasteiger charge is 2.23. The number of benzene rings is 2. The highest BCUT2D eigenvalue weighted by Crippen LogP contribution is 2.35. The SMILES string of the molecule is Cc1ncc(-n2ncc3ccc(OC4CCCc5cc(C#N)ccc54)cc32)n1COCC[Si](C)(C)C. The standard InChI is InChI=1S/C28H33N5O2Si/c1-20-30-18-28(32(20)19-34-12-13-36(2,3)4)33-26-15-24(10-9-23(26)17-31-33)35-27-7-5-6-22-14-21(16-29)8-11-25(22)27/h8-11,14-15,17-18,27H,5-7,12-13,19H2,1-4H3. The van der Waals surface area contributed by atoms with Gasteiger partial charge in [0, 0.05) is 26.1 Å². The van der Waals surface area contributed by atoms with Crippen LogP contribution in [0, 0.1) is 18.3 Å². The minimum Gasteiger partial charge on any atom is -0.486 e. The Bertz CT molecular complexity index is 1430. The minimum absolute atomic E-state index is 0.0251. The molecule has 1 aliphatic rings. The van der Waals surface area contributed by atoms with Crippen LogP contribution in [0.1, 0.15) is 41.5 Å². The van der Waals surface area contributed by atoms with Gasteiger partial charge in [-0.25, -0.2) is 9.67 Å². The molecule has 0 fully saturated rings. The van der Waals surface area contributed by atoms with E-state index in [2.05, 4.69) is 52.5 Å². The Kier molecular flexibility index (Phi) is 6.69. The smallest absolute Gasteiger partial charge is 0.156 e. The molecule has 0 amide bonds. The second kappa shape index (κ2) is 9.92. The third-order valence-corrected chi connectivity index (χ3v) is 8.52. The fourth-order valence-corrected chi connectivity index (χ4v) is 5.46. The van der Waals surface area contributed by atoms with E-state index in [0.29, 0.717) is 12.3 Å². The molecule has 1 aliphatic carbocycles. The number of fused-ring (bicyclic) bond motifs is 2. The van der Waals surface area contributed by atoms with Gasteiger partial charge >= 0.3 is 0 Å². The molecule has 2 aromatic carbocycles. The maximum absolute atomic E-state index is 9.25. The van der Waals surface area contributed by atoms with Crippen LogP contribution in [-0.4, -0.2) is 34.0 Å². The highest BCUT2D eigenvalue weighted by atomic mass is 28.3. The van der Waals surface area contributed by atoms with E-state index in [1.54, 1.807) is 0 Å². The van der Waals surface area contributed by atoms with E-state index < -0.39 is 8.07 Å². The lowest BCUT2D eigenvalue weighted by Gasteiger charge is -2.26. The molecule has 0 bridgehead atoms. The predicted octanol–water partition coefficient (Wildman–Crippen LogP) is 6.17. The first-order valence-corrected chi connectivity index (χ1v) is 16.3. The number of imidazole rings is 1. The van der Waals surface area contributed by atoms with Gasteiger partial charge in [-0.2, -0.15) is 10.4 Å². The van der Waals surface area contributed by atoms with E-state index in [1.807, 2.05) is 48.3 Å². The van der Waals surface area contributed by atoms with E-state index in [4.69, 9.17) is 9.47 Å². The Labute approximate surface area is 213 Å². The summed E-state index contributed by atoms with van der Waals surface area (Å²) in [5.41, 5.74) is 4.06. The summed E-state index contributed by atoms with van der Waals surface area (Å²) < 4.78 is 16.5. The molecule has 8 heteroatoms. The molecule has 0 aliphatic heterocycles. The second-order valence-corrected chi connectivity index (χ2v) is 16.4. The molecule has 36 heavy (non-hydrogen) atoms. The van der Waals surface area contributed by atoms with Crippen molar-refractivity contribution < 1.29 is 9.47 Å². The van der Waals surface area contributed by atoms with Crippen molar-refractivity contribution in [2.45, 2.75) is 64.7 Å². The van der Waals surface area contributed by atoms with Gasteiger partial charge in [-0.1, -0.05) is 25.7 Å². The average molecular weight is 500 g/mol. The van der Waals surface area contributed by atoms with E-state index in [9.17, 15) is 5.26 Å². The van der Waals surface area contributed by atoms with Gasteiger partial charge < -0.3 is 9.47 Å². The molecule has 0 saturated heterocycles. The maximum Gasteiger partial charge on any atom is 0.156 e. The second-order valence-electron chi connectivity index (χ2n) is 10.7. The first-order valence-electron chi connectivity index (χ1n) is 12.6. The van der Waals surface area contributed by atoms with Crippen molar-refractivity contribution in [2.24, 2.45) is 0 Å². The van der Waals surface area contributed by atoms with Crippen LogP contribution in [0.4, 0.5) is 0 Å². The number of nitrogens with zero attached hydrogens (tertiary/aromatic N) is 5. The number of hydrogen-bond donors (Lipinski definition) is 0. The van der Waals surface area contributed by atoms with Crippen LogP contribution < -0.4 is 4.74 Å². The number of nitriles is 1. The van der Waals surface area contributed by atoms with Crippen LogP contribution in [0.3, 0.4) is 0 Å². The van der Waals surface area contributed by atoms with Crippen LogP contribution in [0.2, 0.25) is 25.7 Å². The number of rotatable bonds is 8. The summed E-state index contributed by atoms with van der Waals surface area (Å²) in [4.78, 5) is 4.54. The monoisotopic (exact) mass is 499 g/mol. The summed E-state index contributed by atoms with van der Waals surface area (Å²) in [5, 5.41) is 15.0. The van der Waals surface area contributed by atoms with Gasteiger partial charge in [-0.15, -0.1) is 0 Å². The van der Waals surface area contributed by atoms with Crippen LogP contribution in [0.5, 0.6) is 5.75 Å². The third-order valence-electron chi connectivity index (χ3n) is 6.82. The van der Waals surface area contributed by atoms with E-state index >= 15 is 0 Å². The van der Waals surface area contributed by atoms with Gasteiger partial charge in [0.1, 0.15) is 24.4 Å². The zero-order valence-corrected chi connectivity index (χ0v) is 22.5. The quantitative estimate of drug-likeness (QED) is 0.214. The van der Waals surface area contributed by atoms with E-state index in [-0.39, 0.29) is 6.10 Å². The van der Waals surface area contributed by atoms with Crippen molar-refractivity contribution in [3.8, 4) is 17.6 Å². The normalized spacial score (nSPS) is 15.6. The van der Waals surface area contributed by atoms with Crippen molar-refractivity contribution in [1.82, 2.24) is 19.3 Å². The Morgan fingerprint density at radius 2 is 2.00 bits per heavy atom. The van der Waals surface area contributed by atoms with E-state index in [1.165, 1.54) is 11.1 Å². The number of aryl methyl sites for hydroxylation is 2. The number of hydrogen-bond acceptors (Lipinski definition) is 5. The van der Waals surface area contributed by atoms with Crippen LogP contribution >= 0.6 is 0 Å². The molecule has 0 spiro atoms. The highest BCUT2D eigenvalue weighted by molar-refractivity contribution is 6.76. The summed E-state index contributed by atoms with van der Waals surface area (Å²) in [6, 6.07) is 15.4. The fraction of sp³-hybridized carbons (Fsp3) is 0.393. The van der Waals surface area contributed by atoms with Crippen molar-refractivity contribution in [3.05, 3.63) is 71.3 Å². The molecule has 0 saturated carbocycles. The lowest BCUT2D eigenvalue weighted by molar-refractivity contribution is 0.0854. The van der Waals surface area contributed by atoms with Gasteiger partial charge in [0.25, 0.3) is 0 Å². The maximum atomic E-state index is 9.25. The molecule has 186 valence electrons. The van der Waals surface area contributed by atoms with Crippen LogP contribution in [0.15, 0.2) is 48.8 Å². The zero-order chi connectivity index (χ0) is 25.3. The molecule has 2 aromatic heterocycles. The first-order chi connectivity index (χ1) is 17.3. The summed E-state index contributed by atoms with van der Waals surface area (Å²) >= 11 is 0. The molecule has 0 N–H and O–H groups in total. The lowest BCUT2D eigenvalue weighted by atomic mass is 9.88. The molecule has 4 aromatic rings. The fourth-order valence-electron chi connectivity index (χ4n) is 4.70. The van der Waals surface area contributed by atoms with Gasteiger partial charge in [-0.3, -0.25) is 4.57 Å². The predicted molar refractivity (Wildman–Crippen MR) is 143 cm³/mol. The van der Waals surface area contributed by atoms with E-state index in [0.717, 1.165) is 60.2 Å². The third kappa shape index (κ3) is 5.08. The Hall–Kier alpha value is -3.41. The first kappa shape index (κ1) is 24.3. The average Bonchev–Trinajstić information content (AvgIpc) is 3.43. The minimum atomic E-state index is -1.14. The van der Waals surface area contributed by atoms with Gasteiger partial charge in [0.05, 0.1) is 29.5 Å². The Morgan fingerprint density at radius 3 is 2.81 bits per heavy atom. The van der Waals surface area contributed by atoms with Crippen molar-refractivity contribution in [1.29, 1.82) is 5.26 Å².